The molecule has 1 atom stereocenters. The van der Waals surface area contributed by atoms with Crippen LogP contribution in [0.2, 0.25) is 0 Å². The van der Waals surface area contributed by atoms with Crippen LogP contribution < -0.4 is 10.6 Å². The maximum atomic E-state index is 11.9. The van der Waals surface area contributed by atoms with Crippen molar-refractivity contribution in [3.63, 3.8) is 0 Å². The highest BCUT2D eigenvalue weighted by Crippen LogP contribution is 2.17. The molecule has 1 heterocycles. The lowest BCUT2D eigenvalue weighted by Gasteiger charge is -2.10. The molecular formula is C15H17N3O2. The highest BCUT2D eigenvalue weighted by molar-refractivity contribution is 5.99. The zero-order chi connectivity index (χ0) is 14.5. The van der Waals surface area contributed by atoms with Crippen LogP contribution in [0.3, 0.4) is 0 Å². The number of amides is 2. The summed E-state index contributed by atoms with van der Waals surface area (Å²) < 4.78 is 0. The van der Waals surface area contributed by atoms with Crippen LogP contribution >= 0.6 is 0 Å². The molecule has 5 heteroatoms. The minimum Gasteiger partial charge on any atom is -0.389 e. The Labute approximate surface area is 117 Å². The highest BCUT2D eigenvalue weighted by Gasteiger charge is 2.07. The first kappa shape index (κ1) is 14.0. The molecule has 2 rings (SSSR count). The van der Waals surface area contributed by atoms with E-state index in [1.165, 1.54) is 0 Å². The number of aryl methyl sites for hydroxylation is 1. The molecule has 0 bridgehead atoms. The van der Waals surface area contributed by atoms with Crippen molar-refractivity contribution in [1.82, 2.24) is 4.98 Å². The number of aliphatic hydroxyl groups excluding tert-OH is 1. The van der Waals surface area contributed by atoms with E-state index in [-0.39, 0.29) is 6.03 Å². The van der Waals surface area contributed by atoms with Gasteiger partial charge >= 0.3 is 6.03 Å². The van der Waals surface area contributed by atoms with Crippen molar-refractivity contribution >= 4 is 17.5 Å². The monoisotopic (exact) mass is 271 g/mol. The Morgan fingerprint density at radius 2 is 2.05 bits per heavy atom. The van der Waals surface area contributed by atoms with Gasteiger partial charge in [-0.25, -0.2) is 9.78 Å². The van der Waals surface area contributed by atoms with Crippen molar-refractivity contribution in [3.8, 4) is 0 Å². The van der Waals surface area contributed by atoms with E-state index >= 15 is 0 Å². The first-order chi connectivity index (χ1) is 9.56. The molecular weight excluding hydrogens is 254 g/mol. The van der Waals surface area contributed by atoms with Crippen LogP contribution in [0, 0.1) is 6.92 Å². The molecule has 0 fully saturated rings. The summed E-state index contributed by atoms with van der Waals surface area (Å²) in [5.41, 5.74) is 2.26. The van der Waals surface area contributed by atoms with E-state index in [9.17, 15) is 9.90 Å². The Kier molecular flexibility index (Phi) is 4.32. The average Bonchev–Trinajstić information content (AvgIpc) is 2.41. The second kappa shape index (κ2) is 6.16. The molecule has 1 unspecified atom stereocenters. The molecule has 0 saturated carbocycles. The summed E-state index contributed by atoms with van der Waals surface area (Å²) in [5, 5.41) is 14.9. The predicted octanol–water partition coefficient (Wildman–Crippen LogP) is 3.09. The van der Waals surface area contributed by atoms with Crippen molar-refractivity contribution in [3.05, 3.63) is 53.7 Å². The Hall–Kier alpha value is -2.40. The van der Waals surface area contributed by atoms with Crippen molar-refractivity contribution < 1.29 is 9.90 Å². The Morgan fingerprint density at radius 1 is 1.25 bits per heavy atom. The van der Waals surface area contributed by atoms with Crippen molar-refractivity contribution in [1.29, 1.82) is 0 Å². The molecule has 0 saturated heterocycles. The first-order valence-corrected chi connectivity index (χ1v) is 6.34. The molecule has 104 valence electrons. The molecule has 2 aromatic rings. The third-order valence-electron chi connectivity index (χ3n) is 2.87. The van der Waals surface area contributed by atoms with Gasteiger partial charge in [0.25, 0.3) is 0 Å². The lowest BCUT2D eigenvalue weighted by molar-refractivity contribution is 0.199. The second-order valence-corrected chi connectivity index (χ2v) is 4.55. The molecule has 0 aliphatic carbocycles. The standard InChI is InChI=1S/C15H17N3O2/c1-10-5-4-8-16-14(10)18-15(20)17-13-7-3-6-12(9-13)11(2)19/h3-9,11,19H,1-2H3,(H2,16,17,18,20). The fraction of sp³-hybridized carbons (Fsp3) is 0.200. The lowest BCUT2D eigenvalue weighted by Crippen LogP contribution is -2.20. The zero-order valence-corrected chi connectivity index (χ0v) is 11.4. The van der Waals surface area contributed by atoms with Gasteiger partial charge < -0.3 is 10.4 Å². The molecule has 3 N–H and O–H groups in total. The number of hydrogen-bond donors (Lipinski definition) is 3. The molecule has 1 aromatic heterocycles. The molecule has 1 aromatic carbocycles. The van der Waals surface area contributed by atoms with E-state index in [0.717, 1.165) is 11.1 Å². The first-order valence-electron chi connectivity index (χ1n) is 6.34. The molecule has 0 aliphatic rings. The number of carbonyl (C=O) groups is 1. The van der Waals surface area contributed by atoms with E-state index in [0.29, 0.717) is 11.5 Å². The number of urea groups is 1. The van der Waals surface area contributed by atoms with Gasteiger partial charge in [-0.1, -0.05) is 18.2 Å². The summed E-state index contributed by atoms with van der Waals surface area (Å²) in [5.74, 6) is 0.525. The van der Waals surface area contributed by atoms with E-state index in [2.05, 4.69) is 15.6 Å². The quantitative estimate of drug-likeness (QED) is 0.803. The molecule has 20 heavy (non-hydrogen) atoms. The van der Waals surface area contributed by atoms with E-state index < -0.39 is 6.10 Å². The number of nitrogens with zero attached hydrogens (tertiary/aromatic N) is 1. The SMILES string of the molecule is Cc1cccnc1NC(=O)Nc1cccc(C(C)O)c1. The molecule has 5 nitrogen and oxygen atoms in total. The Bertz CT molecular complexity index is 612. The number of hydrogen-bond acceptors (Lipinski definition) is 3. The fourth-order valence-electron chi connectivity index (χ4n) is 1.76. The third-order valence-corrected chi connectivity index (χ3v) is 2.87. The van der Waals surface area contributed by atoms with E-state index in [1.54, 1.807) is 37.4 Å². The topological polar surface area (TPSA) is 74.2 Å². The van der Waals surface area contributed by atoms with Gasteiger partial charge in [-0.2, -0.15) is 0 Å². The number of aromatic nitrogens is 1. The summed E-state index contributed by atoms with van der Waals surface area (Å²) in [6, 6.07) is 10.4. The number of anilines is 2. The maximum Gasteiger partial charge on any atom is 0.324 e. The summed E-state index contributed by atoms with van der Waals surface area (Å²) in [6.07, 6.45) is 1.05. The summed E-state index contributed by atoms with van der Waals surface area (Å²) in [6.45, 7) is 3.55. The maximum absolute atomic E-state index is 11.9. The predicted molar refractivity (Wildman–Crippen MR) is 78.7 cm³/mol. The second-order valence-electron chi connectivity index (χ2n) is 4.55. The van der Waals surface area contributed by atoms with Gasteiger partial charge in [0.05, 0.1) is 6.10 Å². The number of aliphatic hydroxyl groups is 1. The summed E-state index contributed by atoms with van der Waals surface area (Å²) in [7, 11) is 0. The molecule has 0 aliphatic heterocycles. The molecule has 0 spiro atoms. The number of benzene rings is 1. The Morgan fingerprint density at radius 3 is 2.75 bits per heavy atom. The Balaban J connectivity index is 2.05. The van der Waals surface area contributed by atoms with Gasteiger partial charge in [0.1, 0.15) is 5.82 Å². The minimum atomic E-state index is -0.571. The smallest absolute Gasteiger partial charge is 0.324 e. The van der Waals surface area contributed by atoms with Gasteiger partial charge in [0.15, 0.2) is 0 Å². The largest absolute Gasteiger partial charge is 0.389 e. The normalized spacial score (nSPS) is 11.8. The van der Waals surface area contributed by atoms with Crippen LogP contribution in [0.4, 0.5) is 16.3 Å². The van der Waals surface area contributed by atoms with Gasteiger partial charge in [-0.05, 0) is 43.2 Å². The number of pyridine rings is 1. The number of rotatable bonds is 3. The molecule has 2 amide bonds. The van der Waals surface area contributed by atoms with Crippen molar-refractivity contribution in [2.75, 3.05) is 10.6 Å². The number of carbonyl (C=O) groups excluding carboxylic acids is 1. The lowest BCUT2D eigenvalue weighted by atomic mass is 10.1. The van der Waals surface area contributed by atoms with Crippen LogP contribution in [0.15, 0.2) is 42.6 Å². The number of nitrogens with one attached hydrogen (secondary N) is 2. The van der Waals surface area contributed by atoms with Crippen LogP contribution in [0.25, 0.3) is 0 Å². The third kappa shape index (κ3) is 3.55. The van der Waals surface area contributed by atoms with Crippen LogP contribution in [-0.4, -0.2) is 16.1 Å². The van der Waals surface area contributed by atoms with Crippen LogP contribution in [-0.2, 0) is 0 Å². The molecule has 0 radical (unpaired) electrons. The van der Waals surface area contributed by atoms with Gasteiger partial charge in [-0.3, -0.25) is 5.32 Å². The zero-order valence-electron chi connectivity index (χ0n) is 11.4. The van der Waals surface area contributed by atoms with E-state index in [1.807, 2.05) is 19.1 Å². The fourth-order valence-corrected chi connectivity index (χ4v) is 1.76. The average molecular weight is 271 g/mol. The van der Waals surface area contributed by atoms with Crippen molar-refractivity contribution in [2.24, 2.45) is 0 Å². The summed E-state index contributed by atoms with van der Waals surface area (Å²) >= 11 is 0. The van der Waals surface area contributed by atoms with Crippen molar-refractivity contribution in [2.45, 2.75) is 20.0 Å². The van der Waals surface area contributed by atoms with Gasteiger partial charge in [0.2, 0.25) is 0 Å². The summed E-state index contributed by atoms with van der Waals surface area (Å²) in [4.78, 5) is 16.0. The highest BCUT2D eigenvalue weighted by atomic mass is 16.3. The van der Waals surface area contributed by atoms with Gasteiger partial charge in [0, 0.05) is 11.9 Å². The minimum absolute atomic E-state index is 0.366. The van der Waals surface area contributed by atoms with Gasteiger partial charge in [-0.15, -0.1) is 0 Å². The van der Waals surface area contributed by atoms with Crippen LogP contribution in [0.1, 0.15) is 24.2 Å². The van der Waals surface area contributed by atoms with Crippen LogP contribution in [0.5, 0.6) is 0 Å². The van der Waals surface area contributed by atoms with E-state index in [4.69, 9.17) is 0 Å².